The van der Waals surface area contributed by atoms with Crippen LogP contribution >= 0.6 is 0 Å². The molecule has 0 bridgehead atoms. The standard InChI is InChI=1S/C14H21BO5/c1-9-8-10(6-7-11(9)12(16)17)15(19)20-14(4,5)13(2,3)18/h6-8,18-19H,1-5H3,(H,16,17). The van der Waals surface area contributed by atoms with E-state index in [0.29, 0.717) is 11.0 Å². The first-order valence-electron chi connectivity index (χ1n) is 6.38. The van der Waals surface area contributed by atoms with Gasteiger partial charge in [0, 0.05) is 0 Å². The average molecular weight is 280 g/mol. The van der Waals surface area contributed by atoms with Crippen LogP contribution in [0.5, 0.6) is 0 Å². The largest absolute Gasteiger partial charge is 0.491 e. The summed E-state index contributed by atoms with van der Waals surface area (Å²) in [6, 6.07) is 4.49. The van der Waals surface area contributed by atoms with Crippen molar-refractivity contribution in [2.75, 3.05) is 0 Å². The quantitative estimate of drug-likeness (QED) is 0.699. The van der Waals surface area contributed by atoms with Gasteiger partial charge >= 0.3 is 13.1 Å². The second kappa shape index (κ2) is 5.56. The van der Waals surface area contributed by atoms with Gasteiger partial charge in [-0.05, 0) is 51.7 Å². The van der Waals surface area contributed by atoms with Gasteiger partial charge in [-0.2, -0.15) is 0 Å². The molecule has 0 saturated carbocycles. The molecule has 6 heteroatoms. The Labute approximate surface area is 119 Å². The van der Waals surface area contributed by atoms with E-state index in [2.05, 4.69) is 0 Å². The summed E-state index contributed by atoms with van der Waals surface area (Å²) in [6.45, 7) is 8.20. The van der Waals surface area contributed by atoms with Crippen LogP contribution in [0.3, 0.4) is 0 Å². The molecule has 0 spiro atoms. The molecule has 0 saturated heterocycles. The number of hydrogen-bond donors (Lipinski definition) is 3. The molecule has 110 valence electrons. The Morgan fingerprint density at radius 1 is 1.25 bits per heavy atom. The third kappa shape index (κ3) is 3.59. The third-order valence-electron chi connectivity index (χ3n) is 3.65. The minimum Gasteiger partial charge on any atom is -0.478 e. The van der Waals surface area contributed by atoms with Gasteiger partial charge in [-0.1, -0.05) is 12.1 Å². The second-order valence-electron chi connectivity index (χ2n) is 5.92. The van der Waals surface area contributed by atoms with Crippen molar-refractivity contribution in [2.24, 2.45) is 0 Å². The molecule has 20 heavy (non-hydrogen) atoms. The van der Waals surface area contributed by atoms with Crippen molar-refractivity contribution in [3.8, 4) is 0 Å². The monoisotopic (exact) mass is 280 g/mol. The average Bonchev–Trinajstić information content (AvgIpc) is 2.25. The number of aliphatic hydroxyl groups is 1. The lowest BCUT2D eigenvalue weighted by atomic mass is 9.75. The molecule has 0 fully saturated rings. The van der Waals surface area contributed by atoms with Gasteiger partial charge in [-0.3, -0.25) is 0 Å². The van der Waals surface area contributed by atoms with E-state index >= 15 is 0 Å². The molecule has 0 aliphatic heterocycles. The first-order valence-corrected chi connectivity index (χ1v) is 6.38. The number of carboxylic acid groups (broad SMARTS) is 1. The summed E-state index contributed by atoms with van der Waals surface area (Å²) >= 11 is 0. The van der Waals surface area contributed by atoms with Crippen LogP contribution in [0.15, 0.2) is 18.2 Å². The van der Waals surface area contributed by atoms with Crippen LogP contribution < -0.4 is 5.46 Å². The van der Waals surface area contributed by atoms with Gasteiger partial charge in [-0.15, -0.1) is 0 Å². The number of aromatic carboxylic acids is 1. The van der Waals surface area contributed by atoms with Crippen LogP contribution in [0.25, 0.3) is 0 Å². The molecule has 0 aliphatic carbocycles. The molecule has 0 atom stereocenters. The summed E-state index contributed by atoms with van der Waals surface area (Å²) in [4.78, 5) is 10.9. The van der Waals surface area contributed by atoms with Crippen LogP contribution in [0.1, 0.15) is 43.6 Å². The maximum absolute atomic E-state index is 10.9. The van der Waals surface area contributed by atoms with Gasteiger partial charge in [0.05, 0.1) is 16.8 Å². The molecule has 5 nitrogen and oxygen atoms in total. The van der Waals surface area contributed by atoms with E-state index < -0.39 is 24.3 Å². The highest BCUT2D eigenvalue weighted by Gasteiger charge is 2.39. The second-order valence-corrected chi connectivity index (χ2v) is 5.92. The zero-order chi connectivity index (χ0) is 15.7. The highest BCUT2D eigenvalue weighted by Crippen LogP contribution is 2.25. The number of carboxylic acids is 1. The zero-order valence-corrected chi connectivity index (χ0v) is 12.5. The zero-order valence-electron chi connectivity index (χ0n) is 12.5. The molecular weight excluding hydrogens is 259 g/mol. The molecule has 0 unspecified atom stereocenters. The summed E-state index contributed by atoms with van der Waals surface area (Å²) in [5.41, 5.74) is -0.929. The van der Waals surface area contributed by atoms with Crippen LogP contribution in [0.4, 0.5) is 0 Å². The molecule has 0 aliphatic rings. The van der Waals surface area contributed by atoms with Gasteiger partial charge in [0.1, 0.15) is 0 Å². The van der Waals surface area contributed by atoms with Crippen LogP contribution in [0.2, 0.25) is 0 Å². The van der Waals surface area contributed by atoms with Crippen molar-refractivity contribution in [1.29, 1.82) is 0 Å². The maximum atomic E-state index is 10.9. The number of hydrogen-bond acceptors (Lipinski definition) is 4. The molecule has 0 aromatic heterocycles. The molecule has 1 rings (SSSR count). The summed E-state index contributed by atoms with van der Waals surface area (Å²) in [6.07, 6.45) is 0. The Kier molecular flexibility index (Phi) is 4.64. The van der Waals surface area contributed by atoms with Crippen molar-refractivity contribution in [3.63, 3.8) is 0 Å². The topological polar surface area (TPSA) is 87.0 Å². The van der Waals surface area contributed by atoms with Gasteiger partial charge in [0.15, 0.2) is 0 Å². The highest BCUT2D eigenvalue weighted by molar-refractivity contribution is 6.60. The van der Waals surface area contributed by atoms with Gasteiger partial charge in [0.25, 0.3) is 0 Å². The number of carbonyl (C=O) groups is 1. The summed E-state index contributed by atoms with van der Waals surface area (Å²) in [5, 5.41) is 29.1. The molecule has 0 amide bonds. The first kappa shape index (κ1) is 16.7. The fourth-order valence-corrected chi connectivity index (χ4v) is 1.57. The van der Waals surface area contributed by atoms with E-state index in [1.54, 1.807) is 40.7 Å². The van der Waals surface area contributed by atoms with E-state index in [1.807, 2.05) is 0 Å². The fraction of sp³-hybridized carbons (Fsp3) is 0.500. The smallest absolute Gasteiger partial charge is 0.478 e. The minimum atomic E-state index is -1.24. The molecule has 1 aromatic rings. The van der Waals surface area contributed by atoms with E-state index in [9.17, 15) is 14.9 Å². The molecular formula is C14H21BO5. The Balaban J connectivity index is 2.97. The van der Waals surface area contributed by atoms with Gasteiger partial charge in [0.2, 0.25) is 0 Å². The van der Waals surface area contributed by atoms with Crippen LogP contribution in [-0.4, -0.2) is 39.5 Å². The van der Waals surface area contributed by atoms with Crippen LogP contribution in [-0.2, 0) is 4.65 Å². The van der Waals surface area contributed by atoms with E-state index in [4.69, 9.17) is 9.76 Å². The highest BCUT2D eigenvalue weighted by atomic mass is 16.5. The van der Waals surface area contributed by atoms with Crippen molar-refractivity contribution in [3.05, 3.63) is 29.3 Å². The van der Waals surface area contributed by atoms with E-state index in [-0.39, 0.29) is 5.56 Å². The molecule has 0 heterocycles. The lowest BCUT2D eigenvalue weighted by Crippen LogP contribution is -2.53. The summed E-state index contributed by atoms with van der Waals surface area (Å²) in [7, 11) is -1.24. The SMILES string of the molecule is Cc1cc(B(O)OC(C)(C)C(C)(C)O)ccc1C(=O)O. The van der Waals surface area contributed by atoms with Crippen molar-refractivity contribution < 1.29 is 24.7 Å². The molecule has 0 radical (unpaired) electrons. The number of rotatable bonds is 5. The van der Waals surface area contributed by atoms with Crippen molar-refractivity contribution in [2.45, 2.75) is 45.8 Å². The normalized spacial score (nSPS) is 12.3. The number of benzene rings is 1. The predicted octanol–water partition coefficient (Wildman–Crippen LogP) is 0.947. The van der Waals surface area contributed by atoms with Crippen molar-refractivity contribution in [1.82, 2.24) is 0 Å². The Bertz CT molecular complexity index is 505. The Hall–Kier alpha value is -1.37. The first-order chi connectivity index (χ1) is 8.95. The minimum absolute atomic E-state index is 0.183. The summed E-state index contributed by atoms with van der Waals surface area (Å²) in [5.74, 6) is -1.01. The number of aryl methyl sites for hydroxylation is 1. The van der Waals surface area contributed by atoms with Gasteiger partial charge < -0.3 is 19.9 Å². The Morgan fingerprint density at radius 3 is 2.20 bits per heavy atom. The lowest BCUT2D eigenvalue weighted by molar-refractivity contribution is -0.0982. The van der Waals surface area contributed by atoms with E-state index in [1.165, 1.54) is 12.1 Å². The van der Waals surface area contributed by atoms with Crippen LogP contribution in [0, 0.1) is 6.92 Å². The fourth-order valence-electron chi connectivity index (χ4n) is 1.57. The van der Waals surface area contributed by atoms with Gasteiger partial charge in [-0.25, -0.2) is 4.79 Å². The molecule has 3 N–H and O–H groups in total. The van der Waals surface area contributed by atoms with E-state index in [0.717, 1.165) is 0 Å². The third-order valence-corrected chi connectivity index (χ3v) is 3.65. The van der Waals surface area contributed by atoms with Crippen molar-refractivity contribution >= 4 is 18.6 Å². The maximum Gasteiger partial charge on any atom is 0.491 e. The Morgan fingerprint density at radius 2 is 1.80 bits per heavy atom. The lowest BCUT2D eigenvalue weighted by Gasteiger charge is -2.38. The molecule has 1 aromatic carbocycles. The summed E-state index contributed by atoms with van der Waals surface area (Å²) < 4.78 is 5.50. The predicted molar refractivity (Wildman–Crippen MR) is 77.2 cm³/mol.